The Labute approximate surface area is 125 Å². The predicted molar refractivity (Wildman–Crippen MR) is 82.0 cm³/mol. The zero-order chi connectivity index (χ0) is 13.9. The van der Waals surface area contributed by atoms with Gasteiger partial charge in [-0.3, -0.25) is 4.98 Å². The zero-order valence-corrected chi connectivity index (χ0v) is 13.2. The van der Waals surface area contributed by atoms with Crippen molar-refractivity contribution in [3.63, 3.8) is 0 Å². The van der Waals surface area contributed by atoms with E-state index in [0.717, 1.165) is 18.5 Å². The number of nitrogens with zero attached hydrogens (tertiary/aromatic N) is 1. The largest absolute Gasteiger partial charge is 0.314 e. The molecule has 0 bridgehead atoms. The minimum atomic E-state index is 0.524. The Balaban J connectivity index is 1.78. The van der Waals surface area contributed by atoms with Crippen molar-refractivity contribution in [3.05, 3.63) is 28.0 Å². The lowest BCUT2D eigenvalue weighted by molar-refractivity contribution is 0.207. The smallest absolute Gasteiger partial charge is 0.0636 e. The Hall–Kier alpha value is -0.310. The van der Waals surface area contributed by atoms with Gasteiger partial charge in [0.15, 0.2) is 0 Å². The second-order valence-electron chi connectivity index (χ2n) is 6.22. The molecule has 2 nitrogen and oxygen atoms in total. The summed E-state index contributed by atoms with van der Waals surface area (Å²) in [5.74, 6) is 0. The SMILES string of the molecule is CC1(C)CCC(NCCc2c(Cl)cncc2Cl)CC1. The van der Waals surface area contributed by atoms with Crippen molar-refractivity contribution in [3.8, 4) is 0 Å². The molecule has 1 heterocycles. The lowest BCUT2D eigenvalue weighted by Crippen LogP contribution is -2.36. The lowest BCUT2D eigenvalue weighted by atomic mass is 9.75. The van der Waals surface area contributed by atoms with Gasteiger partial charge in [0.25, 0.3) is 0 Å². The highest BCUT2D eigenvalue weighted by Gasteiger charge is 2.26. The molecule has 0 spiro atoms. The molecule has 0 aliphatic heterocycles. The summed E-state index contributed by atoms with van der Waals surface area (Å²) in [6, 6.07) is 0.646. The summed E-state index contributed by atoms with van der Waals surface area (Å²) >= 11 is 12.2. The summed E-state index contributed by atoms with van der Waals surface area (Å²) in [4.78, 5) is 3.97. The number of hydrogen-bond donors (Lipinski definition) is 1. The minimum absolute atomic E-state index is 0.524. The summed E-state index contributed by atoms with van der Waals surface area (Å²) in [5.41, 5.74) is 1.53. The zero-order valence-electron chi connectivity index (χ0n) is 11.7. The Morgan fingerprint density at radius 3 is 2.37 bits per heavy atom. The Bertz CT molecular complexity index is 402. The first kappa shape index (κ1) is 15.1. The maximum atomic E-state index is 6.11. The van der Waals surface area contributed by atoms with E-state index < -0.39 is 0 Å². The molecular formula is C15H22Cl2N2. The average Bonchev–Trinajstić information content (AvgIpc) is 2.35. The van der Waals surface area contributed by atoms with Crippen LogP contribution in [0.1, 0.15) is 45.1 Å². The van der Waals surface area contributed by atoms with Crippen LogP contribution in [0.4, 0.5) is 0 Å². The number of pyridine rings is 1. The van der Waals surface area contributed by atoms with Crippen molar-refractivity contribution in [2.24, 2.45) is 5.41 Å². The second kappa shape index (κ2) is 6.43. The van der Waals surface area contributed by atoms with Crippen LogP contribution in [-0.4, -0.2) is 17.6 Å². The molecule has 0 aromatic carbocycles. The van der Waals surface area contributed by atoms with Crippen molar-refractivity contribution in [1.29, 1.82) is 0 Å². The van der Waals surface area contributed by atoms with Crippen LogP contribution in [0, 0.1) is 5.41 Å². The molecule has 0 radical (unpaired) electrons. The van der Waals surface area contributed by atoms with Crippen LogP contribution in [0.5, 0.6) is 0 Å². The Kier molecular flexibility index (Phi) is 5.10. The van der Waals surface area contributed by atoms with Crippen LogP contribution < -0.4 is 5.32 Å². The Morgan fingerprint density at radius 1 is 1.21 bits per heavy atom. The molecule has 4 heteroatoms. The molecule has 1 saturated carbocycles. The maximum Gasteiger partial charge on any atom is 0.0636 e. The fraction of sp³-hybridized carbons (Fsp3) is 0.667. The van der Waals surface area contributed by atoms with Gasteiger partial charge >= 0.3 is 0 Å². The second-order valence-corrected chi connectivity index (χ2v) is 7.04. The molecule has 0 atom stereocenters. The van der Waals surface area contributed by atoms with Crippen LogP contribution in [0.25, 0.3) is 0 Å². The van der Waals surface area contributed by atoms with Gasteiger partial charge < -0.3 is 5.32 Å². The first-order valence-electron chi connectivity index (χ1n) is 6.99. The normalized spacial score (nSPS) is 19.6. The standard InChI is InChI=1S/C15H22Cl2N2/c1-15(2)6-3-11(4-7-15)19-8-5-12-13(16)9-18-10-14(12)17/h9-11,19H,3-8H2,1-2H3. The predicted octanol–water partition coefficient (Wildman–Crippen LogP) is 4.49. The molecule has 0 amide bonds. The van der Waals surface area contributed by atoms with Crippen LogP contribution in [0.3, 0.4) is 0 Å². The highest BCUT2D eigenvalue weighted by Crippen LogP contribution is 2.35. The summed E-state index contributed by atoms with van der Waals surface area (Å²) in [6.45, 7) is 5.65. The molecule has 1 aliphatic carbocycles. The number of halogens is 2. The first-order valence-corrected chi connectivity index (χ1v) is 7.75. The summed E-state index contributed by atoms with van der Waals surface area (Å²) in [7, 11) is 0. The summed E-state index contributed by atoms with van der Waals surface area (Å²) < 4.78 is 0. The van der Waals surface area contributed by atoms with Crippen LogP contribution >= 0.6 is 23.2 Å². The highest BCUT2D eigenvalue weighted by atomic mass is 35.5. The lowest BCUT2D eigenvalue weighted by Gasteiger charge is -2.34. The van der Waals surface area contributed by atoms with E-state index in [1.54, 1.807) is 12.4 Å². The molecule has 1 aromatic rings. The van der Waals surface area contributed by atoms with E-state index in [4.69, 9.17) is 23.2 Å². The highest BCUT2D eigenvalue weighted by molar-refractivity contribution is 6.35. The van der Waals surface area contributed by atoms with Gasteiger partial charge in [-0.15, -0.1) is 0 Å². The molecule has 0 saturated heterocycles. The first-order chi connectivity index (χ1) is 8.98. The van der Waals surface area contributed by atoms with E-state index in [1.807, 2.05) is 0 Å². The topological polar surface area (TPSA) is 24.9 Å². The van der Waals surface area contributed by atoms with Crippen LogP contribution in [0.15, 0.2) is 12.4 Å². The van der Waals surface area contributed by atoms with Gasteiger partial charge in [0.05, 0.1) is 10.0 Å². The third-order valence-corrected chi connectivity index (χ3v) is 4.75. The van der Waals surface area contributed by atoms with E-state index in [0.29, 0.717) is 21.5 Å². The van der Waals surface area contributed by atoms with E-state index >= 15 is 0 Å². The van der Waals surface area contributed by atoms with Gasteiger partial charge in [-0.25, -0.2) is 0 Å². The number of nitrogens with one attached hydrogen (secondary N) is 1. The molecule has 19 heavy (non-hydrogen) atoms. The van der Waals surface area contributed by atoms with E-state index in [9.17, 15) is 0 Å². The summed E-state index contributed by atoms with van der Waals surface area (Å²) in [5, 5.41) is 4.96. The van der Waals surface area contributed by atoms with Crippen LogP contribution in [0.2, 0.25) is 10.0 Å². The quantitative estimate of drug-likeness (QED) is 0.886. The van der Waals surface area contributed by atoms with Crippen molar-refractivity contribution in [2.45, 2.75) is 52.0 Å². The fourth-order valence-electron chi connectivity index (χ4n) is 2.68. The minimum Gasteiger partial charge on any atom is -0.314 e. The van der Waals surface area contributed by atoms with Gasteiger partial charge in [0.1, 0.15) is 0 Å². The molecule has 106 valence electrons. The number of rotatable bonds is 4. The molecule has 1 aromatic heterocycles. The summed E-state index contributed by atoms with van der Waals surface area (Å²) in [6.07, 6.45) is 9.33. The van der Waals surface area contributed by atoms with Gasteiger partial charge in [0, 0.05) is 18.4 Å². The van der Waals surface area contributed by atoms with Gasteiger partial charge in [-0.2, -0.15) is 0 Å². The maximum absolute atomic E-state index is 6.11. The molecule has 1 aliphatic rings. The van der Waals surface area contributed by atoms with Gasteiger partial charge in [0.2, 0.25) is 0 Å². The molecule has 0 unspecified atom stereocenters. The average molecular weight is 301 g/mol. The van der Waals surface area contributed by atoms with E-state index in [2.05, 4.69) is 24.1 Å². The van der Waals surface area contributed by atoms with Gasteiger partial charge in [-0.05, 0) is 49.6 Å². The Morgan fingerprint density at radius 2 is 1.79 bits per heavy atom. The number of aromatic nitrogens is 1. The van der Waals surface area contributed by atoms with E-state index in [1.165, 1.54) is 25.7 Å². The van der Waals surface area contributed by atoms with Crippen molar-refractivity contribution in [2.75, 3.05) is 6.54 Å². The van der Waals surface area contributed by atoms with E-state index in [-0.39, 0.29) is 0 Å². The molecule has 1 fully saturated rings. The molecule has 1 N–H and O–H groups in total. The molecular weight excluding hydrogens is 279 g/mol. The third-order valence-electron chi connectivity index (χ3n) is 4.10. The van der Waals surface area contributed by atoms with Crippen molar-refractivity contribution < 1.29 is 0 Å². The third kappa shape index (κ3) is 4.34. The fourth-order valence-corrected chi connectivity index (χ4v) is 3.24. The van der Waals surface area contributed by atoms with Crippen molar-refractivity contribution >= 4 is 23.2 Å². The van der Waals surface area contributed by atoms with Crippen LogP contribution in [-0.2, 0) is 6.42 Å². The number of hydrogen-bond acceptors (Lipinski definition) is 2. The monoisotopic (exact) mass is 300 g/mol. The van der Waals surface area contributed by atoms with Gasteiger partial charge in [-0.1, -0.05) is 37.0 Å². The van der Waals surface area contributed by atoms with Crippen molar-refractivity contribution in [1.82, 2.24) is 10.3 Å². The molecule has 2 rings (SSSR count).